The highest BCUT2D eigenvalue weighted by atomic mass is 32.2. The molecule has 0 aliphatic heterocycles. The van der Waals surface area contributed by atoms with Gasteiger partial charge in [-0.2, -0.15) is 5.26 Å². The fourth-order valence-corrected chi connectivity index (χ4v) is 1.91. The second-order valence-corrected chi connectivity index (χ2v) is 6.00. The number of hydrogen-bond donors (Lipinski definition) is 1. The zero-order valence-corrected chi connectivity index (χ0v) is 10.6. The van der Waals surface area contributed by atoms with Crippen molar-refractivity contribution in [3.8, 4) is 6.07 Å². The third-order valence-corrected chi connectivity index (χ3v) is 2.97. The number of anilines is 1. The fourth-order valence-electron chi connectivity index (χ4n) is 1.24. The Morgan fingerprint density at radius 3 is 2.76 bits per heavy atom. The molecule has 0 atom stereocenters. The molecule has 1 aromatic heterocycles. The number of aromatic nitrogens is 2. The van der Waals surface area contributed by atoms with Crippen LogP contribution >= 0.6 is 0 Å². The molecular formula is C10H14N4O2S. The molecule has 0 amide bonds. The first-order valence-corrected chi connectivity index (χ1v) is 7.14. The van der Waals surface area contributed by atoms with E-state index in [1.54, 1.807) is 13.0 Å². The summed E-state index contributed by atoms with van der Waals surface area (Å²) in [5.41, 5.74) is 0.991. The first-order valence-electron chi connectivity index (χ1n) is 5.08. The monoisotopic (exact) mass is 254 g/mol. The van der Waals surface area contributed by atoms with Gasteiger partial charge in [0.1, 0.15) is 21.6 Å². The molecule has 0 spiro atoms. The summed E-state index contributed by atoms with van der Waals surface area (Å²) in [5, 5.41) is 11.6. The smallest absolute Gasteiger partial charge is 0.224 e. The van der Waals surface area contributed by atoms with Gasteiger partial charge in [0, 0.05) is 18.5 Å². The highest BCUT2D eigenvalue weighted by Gasteiger charge is 2.03. The number of sulfone groups is 1. The van der Waals surface area contributed by atoms with Crippen molar-refractivity contribution >= 4 is 15.8 Å². The Morgan fingerprint density at radius 1 is 1.47 bits per heavy atom. The normalized spacial score (nSPS) is 10.9. The lowest BCUT2D eigenvalue weighted by Gasteiger charge is -2.05. The summed E-state index contributed by atoms with van der Waals surface area (Å²) in [4.78, 5) is 8.05. The lowest BCUT2D eigenvalue weighted by molar-refractivity contribution is 0.600. The minimum Gasteiger partial charge on any atom is -0.354 e. The molecule has 0 unspecified atom stereocenters. The van der Waals surface area contributed by atoms with Gasteiger partial charge in [-0.05, 0) is 19.4 Å². The molecule has 0 radical (unpaired) electrons. The van der Waals surface area contributed by atoms with E-state index in [1.807, 2.05) is 6.07 Å². The topological polar surface area (TPSA) is 95.7 Å². The van der Waals surface area contributed by atoms with E-state index in [1.165, 1.54) is 6.26 Å². The summed E-state index contributed by atoms with van der Waals surface area (Å²) >= 11 is 0. The fraction of sp³-hybridized carbons (Fsp3) is 0.500. The van der Waals surface area contributed by atoms with Crippen molar-refractivity contribution in [2.75, 3.05) is 23.9 Å². The summed E-state index contributed by atoms with van der Waals surface area (Å²) in [6.45, 7) is 2.23. The van der Waals surface area contributed by atoms with Crippen LogP contribution in [0.25, 0.3) is 0 Å². The molecule has 0 saturated carbocycles. The van der Waals surface area contributed by atoms with Crippen molar-refractivity contribution in [1.29, 1.82) is 5.26 Å². The van der Waals surface area contributed by atoms with Gasteiger partial charge in [0.15, 0.2) is 0 Å². The number of nitriles is 1. The van der Waals surface area contributed by atoms with Crippen molar-refractivity contribution in [3.63, 3.8) is 0 Å². The summed E-state index contributed by atoms with van der Waals surface area (Å²) < 4.78 is 21.8. The first-order chi connectivity index (χ1) is 7.90. The Balaban J connectivity index is 2.53. The summed E-state index contributed by atoms with van der Waals surface area (Å²) in [5.74, 6) is 0.478. The molecule has 0 aliphatic carbocycles. The zero-order chi connectivity index (χ0) is 12.9. The minimum atomic E-state index is -2.93. The maximum Gasteiger partial charge on any atom is 0.224 e. The molecular weight excluding hydrogens is 240 g/mol. The maximum atomic E-state index is 10.9. The lowest BCUT2D eigenvalue weighted by atomic mass is 10.3. The highest BCUT2D eigenvalue weighted by Crippen LogP contribution is 2.03. The molecule has 0 aliphatic rings. The molecule has 0 saturated heterocycles. The van der Waals surface area contributed by atoms with Crippen molar-refractivity contribution in [1.82, 2.24) is 9.97 Å². The van der Waals surface area contributed by atoms with Crippen LogP contribution in [0, 0.1) is 18.3 Å². The molecule has 1 heterocycles. The predicted octanol–water partition coefficient (Wildman–Crippen LogP) is 0.503. The highest BCUT2D eigenvalue weighted by molar-refractivity contribution is 7.90. The molecule has 0 fully saturated rings. The van der Waals surface area contributed by atoms with Gasteiger partial charge >= 0.3 is 0 Å². The van der Waals surface area contributed by atoms with Gasteiger partial charge in [0.25, 0.3) is 0 Å². The van der Waals surface area contributed by atoms with Gasteiger partial charge in [-0.25, -0.2) is 18.4 Å². The number of aryl methyl sites for hydroxylation is 1. The van der Waals surface area contributed by atoms with Crippen molar-refractivity contribution in [2.45, 2.75) is 13.3 Å². The van der Waals surface area contributed by atoms with Crippen LogP contribution in [0.1, 0.15) is 17.8 Å². The van der Waals surface area contributed by atoms with Crippen LogP contribution in [0.5, 0.6) is 0 Å². The van der Waals surface area contributed by atoms with Crippen LogP contribution in [0.4, 0.5) is 5.95 Å². The lowest BCUT2D eigenvalue weighted by Crippen LogP contribution is -2.12. The van der Waals surface area contributed by atoms with E-state index in [-0.39, 0.29) is 5.75 Å². The van der Waals surface area contributed by atoms with Crippen LogP contribution in [0.3, 0.4) is 0 Å². The van der Waals surface area contributed by atoms with Gasteiger partial charge in [-0.15, -0.1) is 0 Å². The van der Waals surface area contributed by atoms with E-state index < -0.39 is 9.84 Å². The van der Waals surface area contributed by atoms with Gasteiger partial charge < -0.3 is 5.32 Å². The largest absolute Gasteiger partial charge is 0.354 e. The number of nitrogens with zero attached hydrogens (tertiary/aromatic N) is 3. The van der Waals surface area contributed by atoms with Gasteiger partial charge in [0.2, 0.25) is 5.95 Å². The van der Waals surface area contributed by atoms with Gasteiger partial charge in [-0.1, -0.05) is 0 Å². The molecule has 6 nitrogen and oxygen atoms in total. The average molecular weight is 254 g/mol. The minimum absolute atomic E-state index is 0.122. The number of nitrogens with one attached hydrogen (secondary N) is 1. The van der Waals surface area contributed by atoms with E-state index in [0.29, 0.717) is 30.3 Å². The molecule has 1 aromatic rings. The Hall–Kier alpha value is -1.68. The van der Waals surface area contributed by atoms with E-state index in [9.17, 15) is 8.42 Å². The van der Waals surface area contributed by atoms with Crippen LogP contribution < -0.4 is 5.32 Å². The van der Waals surface area contributed by atoms with Gasteiger partial charge in [0.05, 0.1) is 5.75 Å². The van der Waals surface area contributed by atoms with Crippen molar-refractivity contribution < 1.29 is 8.42 Å². The summed E-state index contributed by atoms with van der Waals surface area (Å²) in [6.07, 6.45) is 1.68. The van der Waals surface area contributed by atoms with Crippen molar-refractivity contribution in [3.05, 3.63) is 17.5 Å². The second-order valence-electron chi connectivity index (χ2n) is 3.74. The second kappa shape index (κ2) is 5.59. The van der Waals surface area contributed by atoms with Crippen LogP contribution in [-0.4, -0.2) is 36.9 Å². The maximum absolute atomic E-state index is 10.9. The van der Waals surface area contributed by atoms with Crippen molar-refractivity contribution in [2.24, 2.45) is 0 Å². The average Bonchev–Trinajstić information content (AvgIpc) is 2.22. The van der Waals surface area contributed by atoms with Gasteiger partial charge in [-0.3, -0.25) is 0 Å². The third-order valence-electron chi connectivity index (χ3n) is 1.94. The Labute approximate surface area is 101 Å². The standard InChI is InChI=1S/C10H14N4O2S/c1-8-6-9(7-11)14-10(13-8)12-4-3-5-17(2,15)16/h6H,3-5H2,1-2H3,(H,12,13,14). The molecule has 17 heavy (non-hydrogen) atoms. The molecule has 0 bridgehead atoms. The number of rotatable bonds is 5. The SMILES string of the molecule is Cc1cc(C#N)nc(NCCCS(C)(=O)=O)n1. The summed E-state index contributed by atoms with van der Waals surface area (Å²) in [7, 11) is -2.93. The Bertz CT molecular complexity index is 534. The molecule has 92 valence electrons. The predicted molar refractivity (Wildman–Crippen MR) is 64.3 cm³/mol. The van der Waals surface area contributed by atoms with Crippen LogP contribution in [0.15, 0.2) is 6.07 Å². The van der Waals surface area contributed by atoms with Crippen LogP contribution in [-0.2, 0) is 9.84 Å². The van der Waals surface area contributed by atoms with E-state index in [0.717, 1.165) is 0 Å². The molecule has 0 aromatic carbocycles. The first kappa shape index (κ1) is 13.4. The summed E-state index contributed by atoms with van der Waals surface area (Å²) in [6, 6.07) is 3.52. The van der Waals surface area contributed by atoms with E-state index >= 15 is 0 Å². The number of hydrogen-bond acceptors (Lipinski definition) is 6. The zero-order valence-electron chi connectivity index (χ0n) is 9.77. The third kappa shape index (κ3) is 5.26. The van der Waals surface area contributed by atoms with Crippen LogP contribution in [0.2, 0.25) is 0 Å². The van der Waals surface area contributed by atoms with E-state index in [2.05, 4.69) is 15.3 Å². The molecule has 1 rings (SSSR count). The molecule has 1 N–H and O–H groups in total. The Kier molecular flexibility index (Phi) is 4.40. The molecule has 7 heteroatoms. The quantitative estimate of drug-likeness (QED) is 0.769. The van der Waals surface area contributed by atoms with E-state index in [4.69, 9.17) is 5.26 Å². The Morgan fingerprint density at radius 2 is 2.18 bits per heavy atom.